The fraction of sp³-hybridized carbons (Fsp3) is 0.0667. The van der Waals surface area contributed by atoms with Crippen molar-refractivity contribution >= 4 is 28.1 Å². The molecular weight excluding hydrogens is 274 g/mol. The van der Waals surface area contributed by atoms with Crippen LogP contribution < -0.4 is 10.5 Å². The first-order chi connectivity index (χ1) is 9.65. The molecule has 2 N–H and O–H groups in total. The molecule has 0 atom stereocenters. The third kappa shape index (κ3) is 2.26. The van der Waals surface area contributed by atoms with Crippen LogP contribution in [0.4, 0.5) is 5.69 Å². The Morgan fingerprint density at radius 3 is 2.65 bits per heavy atom. The van der Waals surface area contributed by atoms with Crippen LogP contribution in [0.5, 0.6) is 11.6 Å². The van der Waals surface area contributed by atoms with Gasteiger partial charge in [-0.05, 0) is 30.0 Å². The molecule has 0 aliphatic carbocycles. The lowest BCUT2D eigenvalue weighted by Gasteiger charge is -2.11. The van der Waals surface area contributed by atoms with Crippen molar-refractivity contribution in [2.75, 3.05) is 5.73 Å². The smallest absolute Gasteiger partial charge is 0.247 e. The molecule has 0 amide bonds. The standard InChI is InChI=1S/C15H12ClN3O/c1-9-13(17)14(19-15(16)18-9)20-12-8-4-6-10-5-2-3-7-11(10)12/h2-8H,17H2,1H3. The van der Waals surface area contributed by atoms with E-state index in [2.05, 4.69) is 9.97 Å². The molecule has 2 aromatic carbocycles. The second-order valence-electron chi connectivity index (χ2n) is 4.38. The molecule has 3 aromatic rings. The number of anilines is 1. The Labute approximate surface area is 121 Å². The number of ether oxygens (including phenoxy) is 1. The highest BCUT2D eigenvalue weighted by Gasteiger charge is 2.11. The lowest BCUT2D eigenvalue weighted by molar-refractivity contribution is 0.469. The van der Waals surface area contributed by atoms with Gasteiger partial charge in [-0.3, -0.25) is 0 Å². The summed E-state index contributed by atoms with van der Waals surface area (Å²) in [6, 6.07) is 13.7. The molecule has 0 aliphatic heterocycles. The summed E-state index contributed by atoms with van der Waals surface area (Å²) < 4.78 is 5.82. The zero-order chi connectivity index (χ0) is 14.1. The van der Waals surface area contributed by atoms with E-state index in [0.717, 1.165) is 10.8 Å². The second-order valence-corrected chi connectivity index (χ2v) is 4.71. The first-order valence-electron chi connectivity index (χ1n) is 6.10. The number of nitrogens with two attached hydrogens (primary N) is 1. The number of aromatic nitrogens is 2. The van der Waals surface area contributed by atoms with Crippen LogP contribution in [0.25, 0.3) is 10.8 Å². The number of nitrogens with zero attached hydrogens (tertiary/aromatic N) is 2. The number of fused-ring (bicyclic) bond motifs is 1. The van der Waals surface area contributed by atoms with Crippen LogP contribution in [0.3, 0.4) is 0 Å². The molecule has 0 bridgehead atoms. The van der Waals surface area contributed by atoms with Crippen molar-refractivity contribution in [2.24, 2.45) is 0 Å². The van der Waals surface area contributed by atoms with Crippen LogP contribution >= 0.6 is 11.6 Å². The van der Waals surface area contributed by atoms with E-state index in [0.29, 0.717) is 17.1 Å². The number of hydrogen-bond donors (Lipinski definition) is 1. The predicted molar refractivity (Wildman–Crippen MR) is 80.2 cm³/mol. The third-order valence-electron chi connectivity index (χ3n) is 3.03. The largest absolute Gasteiger partial charge is 0.436 e. The minimum Gasteiger partial charge on any atom is -0.436 e. The van der Waals surface area contributed by atoms with Gasteiger partial charge < -0.3 is 10.5 Å². The average molecular weight is 286 g/mol. The van der Waals surface area contributed by atoms with E-state index in [1.54, 1.807) is 6.92 Å². The molecule has 0 spiro atoms. The fourth-order valence-electron chi connectivity index (χ4n) is 1.99. The van der Waals surface area contributed by atoms with Gasteiger partial charge in [-0.2, -0.15) is 4.98 Å². The molecule has 0 unspecified atom stereocenters. The highest BCUT2D eigenvalue weighted by Crippen LogP contribution is 2.32. The van der Waals surface area contributed by atoms with Gasteiger partial charge in [0.25, 0.3) is 0 Å². The molecule has 0 aliphatic rings. The Hall–Kier alpha value is -2.33. The van der Waals surface area contributed by atoms with Crippen LogP contribution in [-0.4, -0.2) is 9.97 Å². The molecule has 0 radical (unpaired) electrons. The van der Waals surface area contributed by atoms with Crippen LogP contribution in [0.2, 0.25) is 5.28 Å². The Morgan fingerprint density at radius 1 is 1.05 bits per heavy atom. The van der Waals surface area contributed by atoms with E-state index in [-0.39, 0.29) is 11.2 Å². The third-order valence-corrected chi connectivity index (χ3v) is 3.20. The minimum absolute atomic E-state index is 0.118. The minimum atomic E-state index is 0.118. The molecule has 100 valence electrons. The Bertz CT molecular complexity index is 784. The maximum absolute atomic E-state index is 5.93. The molecule has 4 nitrogen and oxygen atoms in total. The van der Waals surface area contributed by atoms with E-state index in [1.165, 1.54) is 0 Å². The fourth-order valence-corrected chi connectivity index (χ4v) is 2.19. The molecule has 3 rings (SSSR count). The molecule has 20 heavy (non-hydrogen) atoms. The van der Waals surface area contributed by atoms with Crippen molar-refractivity contribution in [1.29, 1.82) is 0 Å². The van der Waals surface area contributed by atoms with Gasteiger partial charge in [-0.25, -0.2) is 4.98 Å². The normalized spacial score (nSPS) is 10.7. The number of hydrogen-bond acceptors (Lipinski definition) is 4. The summed E-state index contributed by atoms with van der Waals surface area (Å²) in [6.45, 7) is 1.76. The van der Waals surface area contributed by atoms with E-state index in [1.807, 2.05) is 42.5 Å². The molecule has 5 heteroatoms. The Kier molecular flexibility index (Phi) is 3.16. The van der Waals surface area contributed by atoms with Gasteiger partial charge in [0.2, 0.25) is 11.2 Å². The number of benzene rings is 2. The van der Waals surface area contributed by atoms with Gasteiger partial charge in [0.15, 0.2) is 0 Å². The zero-order valence-electron chi connectivity index (χ0n) is 10.8. The lowest BCUT2D eigenvalue weighted by Crippen LogP contribution is -2.01. The van der Waals surface area contributed by atoms with Gasteiger partial charge in [-0.1, -0.05) is 36.4 Å². The topological polar surface area (TPSA) is 61.0 Å². The SMILES string of the molecule is Cc1nc(Cl)nc(Oc2cccc3ccccc23)c1N. The predicted octanol–water partition coefficient (Wildman–Crippen LogP) is 3.97. The number of rotatable bonds is 2. The Balaban J connectivity index is 2.10. The molecule has 0 saturated carbocycles. The molecule has 0 fully saturated rings. The number of halogens is 1. The summed E-state index contributed by atoms with van der Waals surface area (Å²) >= 11 is 5.85. The van der Waals surface area contributed by atoms with Crippen LogP contribution in [0.15, 0.2) is 42.5 Å². The molecular formula is C15H12ClN3O. The van der Waals surface area contributed by atoms with E-state index < -0.39 is 0 Å². The lowest BCUT2D eigenvalue weighted by atomic mass is 10.1. The van der Waals surface area contributed by atoms with Crippen molar-refractivity contribution in [3.63, 3.8) is 0 Å². The summed E-state index contributed by atoms with van der Waals surface area (Å²) in [5.41, 5.74) is 6.92. The molecule has 0 saturated heterocycles. The van der Waals surface area contributed by atoms with Crippen molar-refractivity contribution in [3.8, 4) is 11.6 Å². The average Bonchev–Trinajstić information content (AvgIpc) is 2.44. The molecule has 1 heterocycles. The highest BCUT2D eigenvalue weighted by molar-refractivity contribution is 6.28. The first-order valence-corrected chi connectivity index (χ1v) is 6.48. The maximum atomic E-state index is 5.93. The second kappa shape index (κ2) is 4.98. The van der Waals surface area contributed by atoms with Crippen molar-refractivity contribution in [2.45, 2.75) is 6.92 Å². The summed E-state index contributed by atoms with van der Waals surface area (Å²) in [6.07, 6.45) is 0. The summed E-state index contributed by atoms with van der Waals surface area (Å²) in [7, 11) is 0. The van der Waals surface area contributed by atoms with E-state index in [4.69, 9.17) is 22.1 Å². The van der Waals surface area contributed by atoms with Gasteiger partial charge in [-0.15, -0.1) is 0 Å². The van der Waals surface area contributed by atoms with Gasteiger partial charge >= 0.3 is 0 Å². The van der Waals surface area contributed by atoms with Crippen molar-refractivity contribution < 1.29 is 4.74 Å². The maximum Gasteiger partial charge on any atom is 0.247 e. The number of aryl methyl sites for hydroxylation is 1. The van der Waals surface area contributed by atoms with E-state index in [9.17, 15) is 0 Å². The van der Waals surface area contributed by atoms with E-state index >= 15 is 0 Å². The van der Waals surface area contributed by atoms with Gasteiger partial charge in [0, 0.05) is 5.39 Å². The van der Waals surface area contributed by atoms with Gasteiger partial charge in [0.05, 0.1) is 5.69 Å². The quantitative estimate of drug-likeness (QED) is 0.724. The number of nitrogen functional groups attached to an aromatic ring is 1. The Morgan fingerprint density at radius 2 is 1.80 bits per heavy atom. The van der Waals surface area contributed by atoms with Crippen molar-refractivity contribution in [3.05, 3.63) is 53.4 Å². The summed E-state index contributed by atoms with van der Waals surface area (Å²) in [5.74, 6) is 0.961. The van der Waals surface area contributed by atoms with Crippen LogP contribution in [-0.2, 0) is 0 Å². The summed E-state index contributed by atoms with van der Waals surface area (Å²) in [4.78, 5) is 8.03. The first kappa shape index (κ1) is 12.7. The highest BCUT2D eigenvalue weighted by atomic mass is 35.5. The van der Waals surface area contributed by atoms with Crippen molar-refractivity contribution in [1.82, 2.24) is 9.97 Å². The monoisotopic (exact) mass is 285 g/mol. The van der Waals surface area contributed by atoms with Gasteiger partial charge in [0.1, 0.15) is 11.4 Å². The van der Waals surface area contributed by atoms with Crippen LogP contribution in [0, 0.1) is 6.92 Å². The van der Waals surface area contributed by atoms with Crippen LogP contribution in [0.1, 0.15) is 5.69 Å². The molecule has 1 aromatic heterocycles. The zero-order valence-corrected chi connectivity index (χ0v) is 11.6. The summed E-state index contributed by atoms with van der Waals surface area (Å²) in [5, 5.41) is 2.19.